The number of aryl methyl sites for hydroxylation is 1. The topological polar surface area (TPSA) is 37.4 Å². The molecule has 1 saturated heterocycles. The van der Waals surface area contributed by atoms with E-state index in [4.69, 9.17) is 0 Å². The highest BCUT2D eigenvalue weighted by molar-refractivity contribution is 6.42. The number of para-hydroxylation sites is 1. The van der Waals surface area contributed by atoms with Gasteiger partial charge in [-0.15, -0.1) is 0 Å². The van der Waals surface area contributed by atoms with Crippen molar-refractivity contribution in [2.75, 3.05) is 11.4 Å². The fourth-order valence-corrected chi connectivity index (χ4v) is 1.85. The van der Waals surface area contributed by atoms with Crippen LogP contribution in [0.5, 0.6) is 0 Å². The minimum atomic E-state index is -0.365. The standard InChI is InChI=1S/C12H13NO2/c1-9-5-2-3-6-10(9)13-8-4-7-11(14)12(13)15/h2-3,5-6H,4,7-8H2,1H3. The highest BCUT2D eigenvalue weighted by Gasteiger charge is 2.27. The van der Waals surface area contributed by atoms with Crippen LogP contribution in [-0.2, 0) is 9.59 Å². The first-order valence-electron chi connectivity index (χ1n) is 5.10. The Morgan fingerprint density at radius 3 is 2.67 bits per heavy atom. The first-order valence-corrected chi connectivity index (χ1v) is 5.10. The molecule has 1 fully saturated rings. The summed E-state index contributed by atoms with van der Waals surface area (Å²) in [5, 5.41) is 0. The van der Waals surface area contributed by atoms with Crippen molar-refractivity contribution >= 4 is 17.4 Å². The van der Waals surface area contributed by atoms with Gasteiger partial charge in [-0.2, -0.15) is 0 Å². The van der Waals surface area contributed by atoms with Gasteiger partial charge >= 0.3 is 0 Å². The number of hydrogen-bond donors (Lipinski definition) is 0. The molecule has 1 heterocycles. The first kappa shape index (κ1) is 9.90. The number of piperidine rings is 1. The lowest BCUT2D eigenvalue weighted by molar-refractivity contribution is -0.137. The van der Waals surface area contributed by atoms with Crippen LogP contribution in [0, 0.1) is 6.92 Å². The van der Waals surface area contributed by atoms with Gasteiger partial charge in [0.1, 0.15) is 0 Å². The van der Waals surface area contributed by atoms with E-state index in [1.54, 1.807) is 4.90 Å². The normalized spacial score (nSPS) is 17.0. The molecule has 2 rings (SSSR count). The molecule has 0 saturated carbocycles. The second kappa shape index (κ2) is 3.85. The Bertz CT molecular complexity index is 412. The molecule has 1 amide bonds. The summed E-state index contributed by atoms with van der Waals surface area (Å²) in [6, 6.07) is 7.64. The largest absolute Gasteiger partial charge is 0.306 e. The van der Waals surface area contributed by atoms with Gasteiger partial charge in [0.15, 0.2) is 0 Å². The van der Waals surface area contributed by atoms with E-state index >= 15 is 0 Å². The van der Waals surface area contributed by atoms with E-state index in [0.29, 0.717) is 13.0 Å². The van der Waals surface area contributed by atoms with Crippen LogP contribution in [0.4, 0.5) is 5.69 Å². The van der Waals surface area contributed by atoms with Crippen molar-refractivity contribution in [3.05, 3.63) is 29.8 Å². The molecule has 0 spiro atoms. The minimum Gasteiger partial charge on any atom is -0.306 e. The van der Waals surface area contributed by atoms with Crippen LogP contribution in [-0.4, -0.2) is 18.2 Å². The molecule has 15 heavy (non-hydrogen) atoms. The van der Waals surface area contributed by atoms with Gasteiger partial charge in [0.25, 0.3) is 5.91 Å². The maximum atomic E-state index is 11.7. The summed E-state index contributed by atoms with van der Waals surface area (Å²) in [7, 11) is 0. The fraction of sp³-hybridized carbons (Fsp3) is 0.333. The third kappa shape index (κ3) is 1.77. The lowest BCUT2D eigenvalue weighted by Crippen LogP contribution is -2.41. The van der Waals surface area contributed by atoms with Crippen molar-refractivity contribution in [1.29, 1.82) is 0 Å². The summed E-state index contributed by atoms with van der Waals surface area (Å²) >= 11 is 0. The number of carbonyl (C=O) groups is 2. The van der Waals surface area contributed by atoms with Gasteiger partial charge in [0.2, 0.25) is 5.78 Å². The van der Waals surface area contributed by atoms with Gasteiger partial charge in [0.05, 0.1) is 0 Å². The summed E-state index contributed by atoms with van der Waals surface area (Å²) < 4.78 is 0. The van der Waals surface area contributed by atoms with Crippen molar-refractivity contribution in [3.8, 4) is 0 Å². The predicted molar refractivity (Wildman–Crippen MR) is 57.8 cm³/mol. The molecule has 0 unspecified atom stereocenters. The molecule has 3 nitrogen and oxygen atoms in total. The first-order chi connectivity index (χ1) is 7.20. The second-order valence-corrected chi connectivity index (χ2v) is 3.77. The molecule has 0 bridgehead atoms. The Morgan fingerprint density at radius 2 is 1.93 bits per heavy atom. The van der Waals surface area contributed by atoms with Gasteiger partial charge in [-0.1, -0.05) is 18.2 Å². The highest BCUT2D eigenvalue weighted by Crippen LogP contribution is 2.22. The number of rotatable bonds is 1. The van der Waals surface area contributed by atoms with Gasteiger partial charge in [0, 0.05) is 18.7 Å². The van der Waals surface area contributed by atoms with Crippen LogP contribution in [0.3, 0.4) is 0 Å². The van der Waals surface area contributed by atoms with E-state index in [1.165, 1.54) is 0 Å². The van der Waals surface area contributed by atoms with E-state index in [0.717, 1.165) is 17.7 Å². The van der Waals surface area contributed by atoms with Crippen LogP contribution in [0.15, 0.2) is 24.3 Å². The number of carbonyl (C=O) groups excluding carboxylic acids is 2. The smallest absolute Gasteiger partial charge is 0.294 e. The number of amides is 1. The van der Waals surface area contributed by atoms with Gasteiger partial charge in [-0.05, 0) is 25.0 Å². The SMILES string of the molecule is Cc1ccccc1N1CCCC(=O)C1=O. The summed E-state index contributed by atoms with van der Waals surface area (Å²) in [6.07, 6.45) is 1.15. The van der Waals surface area contributed by atoms with Gasteiger partial charge < -0.3 is 4.90 Å². The minimum absolute atomic E-state index is 0.274. The molecule has 1 aliphatic heterocycles. The van der Waals surface area contributed by atoms with Crippen LogP contribution in [0.2, 0.25) is 0 Å². The fourth-order valence-electron chi connectivity index (χ4n) is 1.85. The molecular formula is C12H13NO2. The summed E-state index contributed by atoms with van der Waals surface area (Å²) in [5.74, 6) is -0.639. The van der Waals surface area contributed by atoms with Crippen LogP contribution < -0.4 is 4.90 Å². The van der Waals surface area contributed by atoms with Crippen molar-refractivity contribution in [2.45, 2.75) is 19.8 Å². The number of Topliss-reactive ketones (excluding diaryl/α,β-unsaturated/α-hetero) is 1. The zero-order valence-electron chi connectivity index (χ0n) is 8.69. The molecule has 0 atom stereocenters. The molecule has 1 aromatic carbocycles. The number of ketones is 1. The number of nitrogens with zero attached hydrogens (tertiary/aromatic N) is 1. The Morgan fingerprint density at radius 1 is 1.20 bits per heavy atom. The molecule has 3 heteroatoms. The quantitative estimate of drug-likeness (QED) is 0.651. The predicted octanol–water partition coefficient (Wildman–Crippen LogP) is 1.69. The zero-order valence-corrected chi connectivity index (χ0v) is 8.69. The summed E-state index contributed by atoms with van der Waals surface area (Å²) in [6.45, 7) is 2.59. The number of anilines is 1. The average molecular weight is 203 g/mol. The van der Waals surface area contributed by atoms with Crippen molar-refractivity contribution in [1.82, 2.24) is 0 Å². The Kier molecular flexibility index (Phi) is 2.54. The van der Waals surface area contributed by atoms with E-state index in [1.807, 2.05) is 31.2 Å². The van der Waals surface area contributed by atoms with Crippen LogP contribution in [0.1, 0.15) is 18.4 Å². The average Bonchev–Trinajstić information content (AvgIpc) is 2.23. The zero-order chi connectivity index (χ0) is 10.8. The molecule has 78 valence electrons. The maximum absolute atomic E-state index is 11.7. The number of benzene rings is 1. The van der Waals surface area contributed by atoms with Crippen molar-refractivity contribution < 1.29 is 9.59 Å². The Labute approximate surface area is 88.7 Å². The molecule has 0 N–H and O–H groups in total. The number of hydrogen-bond acceptors (Lipinski definition) is 2. The lowest BCUT2D eigenvalue weighted by atomic mass is 10.1. The highest BCUT2D eigenvalue weighted by atomic mass is 16.2. The van der Waals surface area contributed by atoms with Crippen molar-refractivity contribution in [3.63, 3.8) is 0 Å². The van der Waals surface area contributed by atoms with E-state index < -0.39 is 0 Å². The second-order valence-electron chi connectivity index (χ2n) is 3.77. The third-order valence-corrected chi connectivity index (χ3v) is 2.68. The van der Waals surface area contributed by atoms with E-state index in [-0.39, 0.29) is 11.7 Å². The molecule has 1 aliphatic rings. The summed E-state index contributed by atoms with van der Waals surface area (Å²) in [5.41, 5.74) is 1.89. The molecule has 0 aromatic heterocycles. The van der Waals surface area contributed by atoms with Gasteiger partial charge in [-0.3, -0.25) is 9.59 Å². The molecule has 0 aliphatic carbocycles. The van der Waals surface area contributed by atoms with E-state index in [9.17, 15) is 9.59 Å². The molecular weight excluding hydrogens is 190 g/mol. The maximum Gasteiger partial charge on any atom is 0.294 e. The summed E-state index contributed by atoms with van der Waals surface area (Å²) in [4.78, 5) is 24.5. The Balaban J connectivity index is 2.34. The Hall–Kier alpha value is -1.64. The molecule has 1 aromatic rings. The van der Waals surface area contributed by atoms with Crippen LogP contribution >= 0.6 is 0 Å². The van der Waals surface area contributed by atoms with Crippen molar-refractivity contribution in [2.24, 2.45) is 0 Å². The lowest BCUT2D eigenvalue weighted by Gasteiger charge is -2.27. The monoisotopic (exact) mass is 203 g/mol. The van der Waals surface area contributed by atoms with E-state index in [2.05, 4.69) is 0 Å². The van der Waals surface area contributed by atoms with Crippen LogP contribution in [0.25, 0.3) is 0 Å². The van der Waals surface area contributed by atoms with Gasteiger partial charge in [-0.25, -0.2) is 0 Å². The molecule has 0 radical (unpaired) electrons. The third-order valence-electron chi connectivity index (χ3n) is 2.68.